The summed E-state index contributed by atoms with van der Waals surface area (Å²) in [5.74, 6) is -0.404. The zero-order chi connectivity index (χ0) is 22.5. The molecule has 0 aliphatic carbocycles. The van der Waals surface area contributed by atoms with Gasteiger partial charge in [0.05, 0.1) is 17.8 Å². The van der Waals surface area contributed by atoms with E-state index >= 15 is 0 Å². The number of amides is 1. The number of rotatable bonds is 7. The number of para-hydroxylation sites is 1. The van der Waals surface area contributed by atoms with Gasteiger partial charge in [-0.25, -0.2) is 4.68 Å². The molecule has 2 aromatic carbocycles. The number of benzene rings is 2. The van der Waals surface area contributed by atoms with Gasteiger partial charge in [-0.3, -0.25) is 9.59 Å². The van der Waals surface area contributed by atoms with Crippen LogP contribution in [0.2, 0.25) is 0 Å². The molecular weight excluding hydrogens is 390 g/mol. The van der Waals surface area contributed by atoms with Crippen molar-refractivity contribution in [3.05, 3.63) is 77.1 Å². The fourth-order valence-electron chi connectivity index (χ4n) is 3.38. The number of carbonyl (C=O) groups excluding carboxylic acids is 2. The summed E-state index contributed by atoms with van der Waals surface area (Å²) in [6.07, 6.45) is -0.840. The van der Waals surface area contributed by atoms with Gasteiger partial charge < -0.3 is 10.1 Å². The lowest BCUT2D eigenvalue weighted by Crippen LogP contribution is -2.30. The van der Waals surface area contributed by atoms with Crippen LogP contribution in [0.1, 0.15) is 49.2 Å². The molecule has 6 heteroatoms. The highest BCUT2D eigenvalue weighted by molar-refractivity contribution is 5.95. The molecular formula is C25H29N3O3. The van der Waals surface area contributed by atoms with Crippen LogP contribution in [-0.4, -0.2) is 27.8 Å². The molecule has 0 spiro atoms. The lowest BCUT2D eigenvalue weighted by atomic mass is 10.0. The van der Waals surface area contributed by atoms with E-state index in [2.05, 4.69) is 24.3 Å². The van der Waals surface area contributed by atoms with E-state index in [1.807, 2.05) is 73.1 Å². The van der Waals surface area contributed by atoms with Crippen LogP contribution in [0.25, 0.3) is 5.69 Å². The Hall–Kier alpha value is -3.41. The number of hydrogen-bond donors (Lipinski definition) is 1. The van der Waals surface area contributed by atoms with E-state index in [1.165, 1.54) is 5.56 Å². The molecule has 31 heavy (non-hydrogen) atoms. The van der Waals surface area contributed by atoms with Crippen molar-refractivity contribution >= 4 is 17.6 Å². The Labute approximate surface area is 183 Å². The monoisotopic (exact) mass is 419 g/mol. The molecule has 0 saturated carbocycles. The number of ether oxygens (including phenoxy) is 1. The van der Waals surface area contributed by atoms with Crippen LogP contribution in [-0.2, 0) is 20.7 Å². The Morgan fingerprint density at radius 2 is 1.65 bits per heavy atom. The van der Waals surface area contributed by atoms with Crippen molar-refractivity contribution in [1.29, 1.82) is 0 Å². The molecule has 0 aliphatic rings. The number of aryl methyl sites for hydroxylation is 1. The molecule has 3 rings (SSSR count). The second-order valence-corrected chi connectivity index (χ2v) is 7.97. The molecule has 6 nitrogen and oxygen atoms in total. The third-order valence-electron chi connectivity index (χ3n) is 5.29. The highest BCUT2D eigenvalue weighted by Gasteiger charge is 2.21. The Bertz CT molecular complexity index is 1050. The second kappa shape index (κ2) is 9.60. The van der Waals surface area contributed by atoms with Crippen LogP contribution in [0.15, 0.2) is 54.6 Å². The van der Waals surface area contributed by atoms with Crippen LogP contribution in [0.4, 0.5) is 5.69 Å². The Balaban J connectivity index is 1.61. The van der Waals surface area contributed by atoms with Crippen LogP contribution in [0.3, 0.4) is 0 Å². The van der Waals surface area contributed by atoms with Gasteiger partial charge in [0.1, 0.15) is 0 Å². The van der Waals surface area contributed by atoms with Gasteiger partial charge in [-0.1, -0.05) is 44.2 Å². The predicted octanol–water partition coefficient (Wildman–Crippen LogP) is 4.73. The number of nitrogens with zero attached hydrogens (tertiary/aromatic N) is 2. The minimum Gasteiger partial charge on any atom is -0.452 e. The lowest BCUT2D eigenvalue weighted by Gasteiger charge is -2.14. The van der Waals surface area contributed by atoms with E-state index in [0.29, 0.717) is 11.6 Å². The van der Waals surface area contributed by atoms with Crippen molar-refractivity contribution in [3.63, 3.8) is 0 Å². The zero-order valence-corrected chi connectivity index (χ0v) is 18.7. The summed E-state index contributed by atoms with van der Waals surface area (Å²) in [4.78, 5) is 24.9. The molecule has 1 heterocycles. The lowest BCUT2D eigenvalue weighted by molar-refractivity contribution is -0.152. The van der Waals surface area contributed by atoms with Crippen molar-refractivity contribution in [2.45, 2.75) is 53.1 Å². The molecule has 162 valence electrons. The van der Waals surface area contributed by atoms with E-state index < -0.39 is 12.1 Å². The number of anilines is 1. The average molecular weight is 420 g/mol. The molecule has 0 aliphatic heterocycles. The SMILES string of the molecule is Cc1nn(-c2ccccc2)c(C)c1CC(=O)O[C@H](C)C(=O)Nc1ccc(C(C)C)cc1. The van der Waals surface area contributed by atoms with Crippen molar-refractivity contribution in [1.82, 2.24) is 9.78 Å². The first-order chi connectivity index (χ1) is 14.8. The molecule has 0 fully saturated rings. The Morgan fingerprint density at radius 3 is 2.26 bits per heavy atom. The van der Waals surface area contributed by atoms with Crippen molar-refractivity contribution < 1.29 is 14.3 Å². The summed E-state index contributed by atoms with van der Waals surface area (Å²) >= 11 is 0. The van der Waals surface area contributed by atoms with Gasteiger partial charge in [-0.15, -0.1) is 0 Å². The number of nitrogens with one attached hydrogen (secondary N) is 1. The third-order valence-corrected chi connectivity index (χ3v) is 5.29. The van der Waals surface area contributed by atoms with Crippen molar-refractivity contribution in [2.75, 3.05) is 5.32 Å². The van der Waals surface area contributed by atoms with Crippen LogP contribution in [0, 0.1) is 13.8 Å². The van der Waals surface area contributed by atoms with Crippen molar-refractivity contribution in [2.24, 2.45) is 0 Å². The van der Waals surface area contributed by atoms with Gasteiger partial charge >= 0.3 is 5.97 Å². The Kier molecular flexibility index (Phi) is 6.90. The van der Waals surface area contributed by atoms with Crippen LogP contribution in [0.5, 0.6) is 0 Å². The topological polar surface area (TPSA) is 73.2 Å². The summed E-state index contributed by atoms with van der Waals surface area (Å²) in [5.41, 5.74) is 5.25. The van der Waals surface area contributed by atoms with Gasteiger partial charge in [0.2, 0.25) is 0 Å². The summed E-state index contributed by atoms with van der Waals surface area (Å²) in [5, 5.41) is 7.35. The predicted molar refractivity (Wildman–Crippen MR) is 121 cm³/mol. The molecule has 3 aromatic rings. The van der Waals surface area contributed by atoms with Gasteiger partial charge in [0, 0.05) is 16.9 Å². The van der Waals surface area contributed by atoms with E-state index in [0.717, 1.165) is 22.6 Å². The fraction of sp³-hybridized carbons (Fsp3) is 0.320. The standard InChI is InChI=1S/C25H29N3O3/c1-16(2)20-11-13-21(14-12-20)26-25(30)19(5)31-24(29)15-23-17(3)27-28(18(23)4)22-9-7-6-8-10-22/h6-14,16,19H,15H2,1-5H3,(H,26,30)/t19-/m1/s1. The summed E-state index contributed by atoms with van der Waals surface area (Å²) in [6, 6.07) is 17.4. The normalized spacial score (nSPS) is 11.9. The minimum atomic E-state index is -0.901. The maximum Gasteiger partial charge on any atom is 0.311 e. The maximum absolute atomic E-state index is 12.5. The quantitative estimate of drug-likeness (QED) is 0.562. The molecule has 0 bridgehead atoms. The molecule has 0 saturated heterocycles. The van der Waals surface area contributed by atoms with Gasteiger partial charge in [-0.2, -0.15) is 5.10 Å². The molecule has 1 amide bonds. The molecule has 1 aromatic heterocycles. The van der Waals surface area contributed by atoms with E-state index in [9.17, 15) is 9.59 Å². The number of esters is 1. The number of aromatic nitrogens is 2. The maximum atomic E-state index is 12.5. The first-order valence-corrected chi connectivity index (χ1v) is 10.5. The highest BCUT2D eigenvalue weighted by Crippen LogP contribution is 2.20. The summed E-state index contributed by atoms with van der Waals surface area (Å²) < 4.78 is 7.20. The highest BCUT2D eigenvalue weighted by atomic mass is 16.5. The van der Waals surface area contributed by atoms with Crippen molar-refractivity contribution in [3.8, 4) is 5.69 Å². The van der Waals surface area contributed by atoms with Crippen LogP contribution >= 0.6 is 0 Å². The van der Waals surface area contributed by atoms with E-state index in [-0.39, 0.29) is 12.3 Å². The van der Waals surface area contributed by atoms with E-state index in [1.54, 1.807) is 6.92 Å². The van der Waals surface area contributed by atoms with E-state index in [4.69, 9.17) is 4.74 Å². The fourth-order valence-corrected chi connectivity index (χ4v) is 3.38. The number of hydrogen-bond acceptors (Lipinski definition) is 4. The molecule has 1 atom stereocenters. The van der Waals surface area contributed by atoms with Gasteiger partial charge in [0.25, 0.3) is 5.91 Å². The molecule has 1 N–H and O–H groups in total. The summed E-state index contributed by atoms with van der Waals surface area (Å²) in [7, 11) is 0. The first kappa shape index (κ1) is 22.3. The smallest absolute Gasteiger partial charge is 0.311 e. The third kappa shape index (κ3) is 5.40. The number of carbonyl (C=O) groups is 2. The van der Waals surface area contributed by atoms with Gasteiger partial charge in [0.15, 0.2) is 6.10 Å². The molecule has 0 unspecified atom stereocenters. The average Bonchev–Trinajstić information content (AvgIpc) is 3.03. The summed E-state index contributed by atoms with van der Waals surface area (Å²) in [6.45, 7) is 9.59. The van der Waals surface area contributed by atoms with Gasteiger partial charge in [-0.05, 0) is 56.5 Å². The Morgan fingerprint density at radius 1 is 1.00 bits per heavy atom. The largest absolute Gasteiger partial charge is 0.452 e. The zero-order valence-electron chi connectivity index (χ0n) is 18.7. The minimum absolute atomic E-state index is 0.0607. The first-order valence-electron chi connectivity index (χ1n) is 10.5. The second-order valence-electron chi connectivity index (χ2n) is 7.97. The van der Waals surface area contributed by atoms with Crippen LogP contribution < -0.4 is 5.32 Å². The molecule has 0 radical (unpaired) electrons.